The lowest BCUT2D eigenvalue weighted by molar-refractivity contribution is -0.137. The highest BCUT2D eigenvalue weighted by Crippen LogP contribution is 2.36. The second-order valence-corrected chi connectivity index (χ2v) is 6.24. The van der Waals surface area contributed by atoms with Crippen LogP contribution in [0.25, 0.3) is 0 Å². The molecule has 30 heavy (non-hydrogen) atoms. The average Bonchev–Trinajstić information content (AvgIpc) is 3.21. The molecule has 0 aliphatic carbocycles. The van der Waals surface area contributed by atoms with Gasteiger partial charge in [0.2, 0.25) is 5.91 Å². The summed E-state index contributed by atoms with van der Waals surface area (Å²) >= 11 is 0. The number of urea groups is 1. The van der Waals surface area contributed by atoms with Crippen LogP contribution >= 0.6 is 0 Å². The Morgan fingerprint density at radius 1 is 1.13 bits per heavy atom. The van der Waals surface area contributed by atoms with Gasteiger partial charge in [0, 0.05) is 17.9 Å². The lowest BCUT2D eigenvalue weighted by Crippen LogP contribution is -2.42. The maximum absolute atomic E-state index is 13.4. The molecule has 0 aliphatic rings. The lowest BCUT2D eigenvalue weighted by atomic mass is 10.1. The van der Waals surface area contributed by atoms with Crippen molar-refractivity contribution in [2.75, 3.05) is 23.7 Å². The number of carbonyl (C=O) groups is 3. The molecular formula is C19H21F3N4O4. The minimum absolute atomic E-state index is 0.0844. The van der Waals surface area contributed by atoms with Crippen molar-refractivity contribution in [2.24, 2.45) is 0 Å². The Balaban J connectivity index is 2.02. The van der Waals surface area contributed by atoms with E-state index in [2.05, 4.69) is 16.0 Å². The molecule has 2 rings (SSSR count). The van der Waals surface area contributed by atoms with Crippen LogP contribution in [-0.4, -0.2) is 30.9 Å². The third kappa shape index (κ3) is 6.83. The van der Waals surface area contributed by atoms with Gasteiger partial charge in [-0.2, -0.15) is 13.2 Å². The summed E-state index contributed by atoms with van der Waals surface area (Å²) in [4.78, 5) is 35.3. The number of amides is 4. The summed E-state index contributed by atoms with van der Waals surface area (Å²) in [6, 6.07) is 3.74. The van der Waals surface area contributed by atoms with Crippen LogP contribution in [0.5, 0.6) is 0 Å². The molecule has 0 spiro atoms. The monoisotopic (exact) mass is 426 g/mol. The van der Waals surface area contributed by atoms with Gasteiger partial charge in [-0.1, -0.05) is 13.3 Å². The standard InChI is InChI=1S/C19H21F3N4O4/c1-2-3-7-23-18(29)26-16(27)10-24-15-5-4-13(9-14(15)19(20,21)22)25-17(28)12-6-8-30-11-12/h4-6,8-9,11,24H,2-3,7,10H2,1H3,(H,25,28)(H2,23,26,27,29). The number of unbranched alkanes of at least 4 members (excludes halogenated alkanes) is 1. The topological polar surface area (TPSA) is 112 Å². The molecule has 0 radical (unpaired) electrons. The summed E-state index contributed by atoms with van der Waals surface area (Å²) in [7, 11) is 0. The van der Waals surface area contributed by atoms with E-state index in [9.17, 15) is 27.6 Å². The Bertz CT molecular complexity index is 882. The van der Waals surface area contributed by atoms with Crippen molar-refractivity contribution >= 4 is 29.2 Å². The van der Waals surface area contributed by atoms with Gasteiger partial charge in [-0.3, -0.25) is 14.9 Å². The summed E-state index contributed by atoms with van der Waals surface area (Å²) < 4.78 is 45.0. The van der Waals surface area contributed by atoms with Crippen LogP contribution < -0.4 is 21.3 Å². The Morgan fingerprint density at radius 2 is 1.90 bits per heavy atom. The van der Waals surface area contributed by atoms with Crippen LogP contribution in [0.15, 0.2) is 41.2 Å². The summed E-state index contributed by atoms with van der Waals surface area (Å²) in [6.07, 6.45) is -0.731. The fourth-order valence-corrected chi connectivity index (χ4v) is 2.38. The number of furan rings is 1. The molecule has 0 unspecified atom stereocenters. The van der Waals surface area contributed by atoms with Crippen molar-refractivity contribution < 1.29 is 32.0 Å². The zero-order chi connectivity index (χ0) is 22.1. The molecule has 1 aromatic carbocycles. The SMILES string of the molecule is CCCCNC(=O)NC(=O)CNc1ccc(NC(=O)c2ccoc2)cc1C(F)(F)F. The maximum atomic E-state index is 13.4. The van der Waals surface area contributed by atoms with E-state index < -0.39 is 36.1 Å². The van der Waals surface area contributed by atoms with Gasteiger partial charge in [0.15, 0.2) is 0 Å². The van der Waals surface area contributed by atoms with E-state index >= 15 is 0 Å². The molecule has 0 atom stereocenters. The predicted octanol–water partition coefficient (Wildman–Crippen LogP) is 3.59. The first-order valence-electron chi connectivity index (χ1n) is 9.07. The van der Waals surface area contributed by atoms with Crippen LogP contribution in [0.1, 0.15) is 35.7 Å². The average molecular weight is 426 g/mol. The van der Waals surface area contributed by atoms with Gasteiger partial charge in [-0.05, 0) is 30.7 Å². The van der Waals surface area contributed by atoms with Crippen molar-refractivity contribution in [1.29, 1.82) is 0 Å². The van der Waals surface area contributed by atoms with E-state index in [1.54, 1.807) is 0 Å². The molecule has 0 bridgehead atoms. The van der Waals surface area contributed by atoms with Crippen molar-refractivity contribution in [2.45, 2.75) is 25.9 Å². The van der Waals surface area contributed by atoms with Gasteiger partial charge in [-0.15, -0.1) is 0 Å². The Morgan fingerprint density at radius 3 is 2.53 bits per heavy atom. The zero-order valence-electron chi connectivity index (χ0n) is 16.1. The molecule has 0 aliphatic heterocycles. The van der Waals surface area contributed by atoms with E-state index in [1.807, 2.05) is 12.2 Å². The number of alkyl halides is 3. The summed E-state index contributed by atoms with van der Waals surface area (Å²) in [6.45, 7) is 1.76. The summed E-state index contributed by atoms with van der Waals surface area (Å²) in [5.41, 5.74) is -1.38. The number of rotatable bonds is 8. The number of nitrogens with one attached hydrogen (secondary N) is 4. The third-order valence-corrected chi connectivity index (χ3v) is 3.87. The Hall–Kier alpha value is -3.50. The van der Waals surface area contributed by atoms with Crippen LogP contribution in [0, 0.1) is 0 Å². The molecule has 0 fully saturated rings. The van der Waals surface area contributed by atoms with E-state index in [0.29, 0.717) is 6.54 Å². The van der Waals surface area contributed by atoms with Crippen LogP contribution in [0.3, 0.4) is 0 Å². The van der Waals surface area contributed by atoms with Gasteiger partial charge in [0.05, 0.1) is 23.9 Å². The molecule has 0 saturated carbocycles. The number of halogens is 3. The number of imide groups is 1. The molecule has 162 valence electrons. The van der Waals surface area contributed by atoms with Crippen molar-refractivity contribution in [3.63, 3.8) is 0 Å². The normalized spacial score (nSPS) is 10.9. The minimum atomic E-state index is -4.74. The van der Waals surface area contributed by atoms with Gasteiger partial charge in [0.25, 0.3) is 5.91 Å². The summed E-state index contributed by atoms with van der Waals surface area (Å²) in [5.74, 6) is -1.43. The molecule has 4 N–H and O–H groups in total. The quantitative estimate of drug-likeness (QED) is 0.482. The highest BCUT2D eigenvalue weighted by Gasteiger charge is 2.34. The number of hydrogen-bond acceptors (Lipinski definition) is 5. The van der Waals surface area contributed by atoms with Gasteiger partial charge in [-0.25, -0.2) is 4.79 Å². The fraction of sp³-hybridized carbons (Fsp3) is 0.316. The first-order valence-corrected chi connectivity index (χ1v) is 9.07. The van der Waals surface area contributed by atoms with Gasteiger partial charge < -0.3 is 20.4 Å². The Kier molecular flexibility index (Phi) is 7.84. The zero-order valence-corrected chi connectivity index (χ0v) is 16.1. The fourth-order valence-electron chi connectivity index (χ4n) is 2.38. The van der Waals surface area contributed by atoms with Crippen LogP contribution in [0.2, 0.25) is 0 Å². The molecule has 8 nitrogen and oxygen atoms in total. The second kappa shape index (κ2) is 10.3. The van der Waals surface area contributed by atoms with Crippen molar-refractivity contribution in [3.05, 3.63) is 47.9 Å². The number of hydrogen-bond donors (Lipinski definition) is 4. The van der Waals surface area contributed by atoms with Gasteiger partial charge >= 0.3 is 12.2 Å². The minimum Gasteiger partial charge on any atom is -0.472 e. The summed E-state index contributed by atoms with van der Waals surface area (Å²) in [5, 5.41) is 9.18. The van der Waals surface area contributed by atoms with Crippen molar-refractivity contribution in [1.82, 2.24) is 10.6 Å². The van der Waals surface area contributed by atoms with Gasteiger partial charge in [0.1, 0.15) is 6.26 Å². The van der Waals surface area contributed by atoms with E-state index in [-0.39, 0.29) is 16.9 Å². The molecule has 0 saturated heterocycles. The molecule has 11 heteroatoms. The second-order valence-electron chi connectivity index (χ2n) is 6.24. The number of carbonyl (C=O) groups excluding carboxylic acids is 3. The highest BCUT2D eigenvalue weighted by atomic mass is 19.4. The molecule has 2 aromatic rings. The first kappa shape index (κ1) is 22.8. The molecular weight excluding hydrogens is 405 g/mol. The van der Waals surface area contributed by atoms with Crippen molar-refractivity contribution in [3.8, 4) is 0 Å². The predicted molar refractivity (Wildman–Crippen MR) is 103 cm³/mol. The molecule has 1 aromatic heterocycles. The van der Waals surface area contributed by atoms with E-state index in [0.717, 1.165) is 31.2 Å². The maximum Gasteiger partial charge on any atom is 0.418 e. The van der Waals surface area contributed by atoms with Crippen LogP contribution in [-0.2, 0) is 11.0 Å². The van der Waals surface area contributed by atoms with Crippen LogP contribution in [0.4, 0.5) is 29.3 Å². The first-order chi connectivity index (χ1) is 14.2. The highest BCUT2D eigenvalue weighted by molar-refractivity contribution is 6.04. The molecule has 1 heterocycles. The largest absolute Gasteiger partial charge is 0.472 e. The Labute approximate surface area is 170 Å². The smallest absolute Gasteiger partial charge is 0.418 e. The molecule has 4 amide bonds. The lowest BCUT2D eigenvalue weighted by Gasteiger charge is -2.16. The third-order valence-electron chi connectivity index (χ3n) is 3.87. The number of anilines is 2. The number of benzene rings is 1. The van der Waals surface area contributed by atoms with E-state index in [1.165, 1.54) is 18.4 Å². The van der Waals surface area contributed by atoms with E-state index in [4.69, 9.17) is 4.42 Å².